The maximum atomic E-state index is 10.9. The molecule has 0 bridgehead atoms. The van der Waals surface area contributed by atoms with Gasteiger partial charge in [0.05, 0.1) is 17.8 Å². The van der Waals surface area contributed by atoms with E-state index in [1.54, 1.807) is 0 Å². The second-order valence-electron chi connectivity index (χ2n) is 4.25. The normalized spacial score (nSPS) is 33.0. The SMILES string of the molecule is O=C(O)C1CC(C(=O)O)C(C(=O)O)CC1CO. The third-order valence-corrected chi connectivity index (χ3v) is 3.31. The fraction of sp³-hybridized carbons (Fsp3) is 0.700. The molecule has 4 unspecified atom stereocenters. The zero-order valence-electron chi connectivity index (χ0n) is 8.94. The van der Waals surface area contributed by atoms with Crippen LogP contribution < -0.4 is 0 Å². The lowest BCUT2D eigenvalue weighted by Crippen LogP contribution is -2.43. The number of carboxylic acid groups (broad SMARTS) is 3. The molecule has 1 aliphatic rings. The largest absolute Gasteiger partial charge is 0.481 e. The predicted molar refractivity (Wildman–Crippen MR) is 53.2 cm³/mol. The van der Waals surface area contributed by atoms with E-state index in [0.29, 0.717) is 0 Å². The number of aliphatic carboxylic acids is 3. The van der Waals surface area contributed by atoms with Crippen molar-refractivity contribution in [1.29, 1.82) is 0 Å². The van der Waals surface area contributed by atoms with Crippen molar-refractivity contribution in [1.82, 2.24) is 0 Å². The minimum Gasteiger partial charge on any atom is -0.481 e. The van der Waals surface area contributed by atoms with Crippen molar-refractivity contribution in [2.24, 2.45) is 23.7 Å². The molecule has 0 radical (unpaired) electrons. The van der Waals surface area contributed by atoms with Crippen molar-refractivity contribution in [3.63, 3.8) is 0 Å². The fourth-order valence-corrected chi connectivity index (χ4v) is 2.34. The zero-order chi connectivity index (χ0) is 13.2. The molecule has 0 aromatic rings. The van der Waals surface area contributed by atoms with Crippen LogP contribution in [0.5, 0.6) is 0 Å². The summed E-state index contributed by atoms with van der Waals surface area (Å²) in [5, 5.41) is 35.7. The summed E-state index contributed by atoms with van der Waals surface area (Å²) in [5.41, 5.74) is 0. The molecule has 7 heteroatoms. The molecule has 0 aliphatic heterocycles. The predicted octanol–water partition coefficient (Wildman–Crippen LogP) is -0.509. The van der Waals surface area contributed by atoms with Crippen molar-refractivity contribution in [3.8, 4) is 0 Å². The molecule has 1 aliphatic carbocycles. The molecule has 0 spiro atoms. The molecule has 0 aromatic heterocycles. The summed E-state index contributed by atoms with van der Waals surface area (Å²) in [6.07, 6.45) is -0.382. The van der Waals surface area contributed by atoms with Gasteiger partial charge in [-0.2, -0.15) is 0 Å². The number of rotatable bonds is 4. The molecular formula is C10H14O7. The molecule has 17 heavy (non-hydrogen) atoms. The second-order valence-corrected chi connectivity index (χ2v) is 4.25. The van der Waals surface area contributed by atoms with Gasteiger partial charge >= 0.3 is 17.9 Å². The van der Waals surface area contributed by atoms with Crippen molar-refractivity contribution in [2.45, 2.75) is 12.8 Å². The van der Waals surface area contributed by atoms with Gasteiger partial charge in [-0.1, -0.05) is 0 Å². The van der Waals surface area contributed by atoms with E-state index in [2.05, 4.69) is 0 Å². The van der Waals surface area contributed by atoms with Crippen molar-refractivity contribution < 1.29 is 34.8 Å². The molecule has 0 amide bonds. The maximum absolute atomic E-state index is 10.9. The van der Waals surface area contributed by atoms with Crippen LogP contribution in [0.3, 0.4) is 0 Å². The molecular weight excluding hydrogens is 232 g/mol. The van der Waals surface area contributed by atoms with Gasteiger partial charge in [-0.3, -0.25) is 14.4 Å². The van der Waals surface area contributed by atoms with Crippen LogP contribution in [0, 0.1) is 23.7 Å². The number of hydrogen-bond donors (Lipinski definition) is 4. The first-order chi connectivity index (χ1) is 7.88. The number of carboxylic acids is 3. The van der Waals surface area contributed by atoms with Crippen molar-refractivity contribution in [3.05, 3.63) is 0 Å². The highest BCUT2D eigenvalue weighted by Gasteiger charge is 2.46. The van der Waals surface area contributed by atoms with Crippen LogP contribution >= 0.6 is 0 Å². The van der Waals surface area contributed by atoms with E-state index in [4.69, 9.17) is 20.4 Å². The molecule has 1 rings (SSSR count). The van der Waals surface area contributed by atoms with Crippen LogP contribution in [0.1, 0.15) is 12.8 Å². The summed E-state index contributed by atoms with van der Waals surface area (Å²) in [6.45, 7) is -0.451. The van der Waals surface area contributed by atoms with E-state index in [1.165, 1.54) is 0 Å². The molecule has 1 fully saturated rings. The van der Waals surface area contributed by atoms with E-state index in [0.717, 1.165) is 0 Å². The summed E-state index contributed by atoms with van der Waals surface area (Å²) in [4.78, 5) is 32.7. The lowest BCUT2D eigenvalue weighted by atomic mass is 9.68. The van der Waals surface area contributed by atoms with Crippen LogP contribution in [0.2, 0.25) is 0 Å². The first-order valence-corrected chi connectivity index (χ1v) is 5.17. The van der Waals surface area contributed by atoms with Crippen LogP contribution in [0.25, 0.3) is 0 Å². The topological polar surface area (TPSA) is 132 Å². The molecule has 0 saturated heterocycles. The van der Waals surface area contributed by atoms with Gasteiger partial charge in [-0.05, 0) is 18.8 Å². The van der Waals surface area contributed by atoms with E-state index in [1.807, 2.05) is 0 Å². The van der Waals surface area contributed by atoms with Crippen LogP contribution in [0.4, 0.5) is 0 Å². The standard InChI is InChI=1S/C10H14O7/c11-3-4-1-6(9(14)15)7(10(16)17)2-5(4)8(12)13/h4-7,11H,1-3H2,(H,12,13)(H,14,15)(H,16,17). The molecule has 0 heterocycles. The Balaban J connectivity index is 2.95. The highest BCUT2D eigenvalue weighted by molar-refractivity contribution is 5.81. The lowest BCUT2D eigenvalue weighted by Gasteiger charge is -2.34. The Morgan fingerprint density at radius 3 is 1.59 bits per heavy atom. The van der Waals surface area contributed by atoms with E-state index < -0.39 is 48.2 Å². The highest BCUT2D eigenvalue weighted by atomic mass is 16.4. The monoisotopic (exact) mass is 246 g/mol. The first kappa shape index (κ1) is 13.4. The van der Waals surface area contributed by atoms with Gasteiger partial charge in [-0.15, -0.1) is 0 Å². The number of carbonyl (C=O) groups is 3. The highest BCUT2D eigenvalue weighted by Crippen LogP contribution is 2.38. The Morgan fingerprint density at radius 1 is 0.824 bits per heavy atom. The Hall–Kier alpha value is -1.63. The van der Waals surface area contributed by atoms with Gasteiger partial charge in [0.1, 0.15) is 0 Å². The Kier molecular flexibility index (Phi) is 4.06. The summed E-state index contributed by atoms with van der Waals surface area (Å²) in [7, 11) is 0. The van der Waals surface area contributed by atoms with E-state index in [-0.39, 0.29) is 12.8 Å². The van der Waals surface area contributed by atoms with Crippen molar-refractivity contribution >= 4 is 17.9 Å². The van der Waals surface area contributed by atoms with E-state index >= 15 is 0 Å². The third kappa shape index (κ3) is 2.73. The zero-order valence-corrected chi connectivity index (χ0v) is 8.94. The summed E-state index contributed by atoms with van der Waals surface area (Å²) >= 11 is 0. The third-order valence-electron chi connectivity index (χ3n) is 3.31. The molecule has 96 valence electrons. The van der Waals surface area contributed by atoms with Gasteiger partial charge in [0.2, 0.25) is 0 Å². The Labute approximate surface area is 96.7 Å². The van der Waals surface area contributed by atoms with E-state index in [9.17, 15) is 14.4 Å². The fourth-order valence-electron chi connectivity index (χ4n) is 2.34. The number of aliphatic hydroxyl groups excluding tert-OH is 1. The molecule has 4 atom stereocenters. The Morgan fingerprint density at radius 2 is 1.24 bits per heavy atom. The molecule has 7 nitrogen and oxygen atoms in total. The van der Waals surface area contributed by atoms with Gasteiger partial charge in [0.15, 0.2) is 0 Å². The van der Waals surface area contributed by atoms with Gasteiger partial charge in [-0.25, -0.2) is 0 Å². The quantitative estimate of drug-likeness (QED) is 0.525. The second kappa shape index (κ2) is 5.13. The van der Waals surface area contributed by atoms with Gasteiger partial charge in [0, 0.05) is 6.61 Å². The average Bonchev–Trinajstić information content (AvgIpc) is 2.26. The molecule has 1 saturated carbocycles. The van der Waals surface area contributed by atoms with Gasteiger partial charge < -0.3 is 20.4 Å². The van der Waals surface area contributed by atoms with Crippen LogP contribution in [-0.4, -0.2) is 44.9 Å². The Bertz CT molecular complexity index is 338. The number of aliphatic hydroxyl groups is 1. The minimum atomic E-state index is -1.31. The van der Waals surface area contributed by atoms with Crippen molar-refractivity contribution in [2.75, 3.05) is 6.61 Å². The minimum absolute atomic E-state index is 0.125. The summed E-state index contributed by atoms with van der Waals surface area (Å²) < 4.78 is 0. The summed E-state index contributed by atoms with van der Waals surface area (Å²) in [6, 6.07) is 0. The lowest BCUT2D eigenvalue weighted by molar-refractivity contribution is -0.163. The van der Waals surface area contributed by atoms with Gasteiger partial charge in [0.25, 0.3) is 0 Å². The first-order valence-electron chi connectivity index (χ1n) is 5.17. The smallest absolute Gasteiger partial charge is 0.307 e. The molecule has 0 aromatic carbocycles. The summed E-state index contributed by atoms with van der Waals surface area (Å²) in [5.74, 6) is -7.82. The van der Waals surface area contributed by atoms with Crippen LogP contribution in [-0.2, 0) is 14.4 Å². The molecule has 4 N–H and O–H groups in total. The number of hydrogen-bond acceptors (Lipinski definition) is 4. The van der Waals surface area contributed by atoms with Crippen LogP contribution in [0.15, 0.2) is 0 Å². The maximum Gasteiger partial charge on any atom is 0.307 e. The average molecular weight is 246 g/mol.